The minimum Gasteiger partial charge on any atom is -0.479 e. The van der Waals surface area contributed by atoms with Crippen molar-refractivity contribution in [1.82, 2.24) is 5.32 Å². The maximum Gasteiger partial charge on any atom is 0.335 e. The lowest BCUT2D eigenvalue weighted by atomic mass is 9.96. The highest BCUT2D eigenvalue weighted by Crippen LogP contribution is 2.27. The molecule has 0 aliphatic carbocycles. The Morgan fingerprint density at radius 2 is 1.62 bits per heavy atom. The van der Waals surface area contributed by atoms with E-state index in [0.29, 0.717) is 15.6 Å². The van der Waals surface area contributed by atoms with E-state index in [9.17, 15) is 19.8 Å². The van der Waals surface area contributed by atoms with Gasteiger partial charge in [0.25, 0.3) is 0 Å². The number of benzene rings is 2. The van der Waals surface area contributed by atoms with Gasteiger partial charge in [0, 0.05) is 17.2 Å². The number of rotatable bonds is 9. The average molecular weight is 442 g/mol. The number of carbonyl (C=O) groups excluding carboxylic acids is 1. The fourth-order valence-electron chi connectivity index (χ4n) is 2.81. The van der Waals surface area contributed by atoms with E-state index in [1.54, 1.807) is 30.3 Å². The summed E-state index contributed by atoms with van der Waals surface area (Å²) in [6.45, 7) is -0.263. The van der Waals surface area contributed by atoms with E-state index in [2.05, 4.69) is 5.32 Å². The van der Waals surface area contributed by atoms with Crippen LogP contribution in [0, 0.1) is 0 Å². The maximum atomic E-state index is 11.8. The number of halogens is 2. The Bertz CT molecular complexity index is 838. The Kier molecular flexibility index (Phi) is 8.43. The van der Waals surface area contributed by atoms with Crippen LogP contribution in [-0.2, 0) is 20.7 Å². The largest absolute Gasteiger partial charge is 0.479 e. The number of aliphatic hydroxyl groups is 2. The van der Waals surface area contributed by atoms with E-state index < -0.39 is 30.1 Å². The molecule has 0 aliphatic rings. The summed E-state index contributed by atoms with van der Waals surface area (Å²) < 4.78 is 4.73. The highest BCUT2D eigenvalue weighted by atomic mass is 35.5. The van der Waals surface area contributed by atoms with Crippen LogP contribution in [0.1, 0.15) is 5.56 Å². The van der Waals surface area contributed by atoms with E-state index >= 15 is 0 Å². The van der Waals surface area contributed by atoms with Crippen LogP contribution in [0.2, 0.25) is 10.0 Å². The van der Waals surface area contributed by atoms with Crippen LogP contribution < -0.4 is 5.32 Å². The number of methoxy groups -OCH3 is 1. The molecule has 29 heavy (non-hydrogen) atoms. The topological polar surface area (TPSA) is 116 Å². The lowest BCUT2D eigenvalue weighted by Gasteiger charge is -2.26. The van der Waals surface area contributed by atoms with Crippen molar-refractivity contribution in [2.24, 2.45) is 0 Å². The van der Waals surface area contributed by atoms with Crippen molar-refractivity contribution >= 4 is 35.1 Å². The molecule has 0 fully saturated rings. The van der Waals surface area contributed by atoms with Crippen molar-refractivity contribution in [3.8, 4) is 11.1 Å². The van der Waals surface area contributed by atoms with Gasteiger partial charge in [-0.1, -0.05) is 47.5 Å². The molecule has 2 rings (SSSR count). The zero-order valence-corrected chi connectivity index (χ0v) is 17.0. The number of carboxylic acid groups (broad SMARTS) is 1. The Morgan fingerprint density at radius 1 is 1.03 bits per heavy atom. The van der Waals surface area contributed by atoms with Crippen LogP contribution in [0.5, 0.6) is 0 Å². The van der Waals surface area contributed by atoms with Gasteiger partial charge in [0.15, 0.2) is 6.10 Å². The first kappa shape index (κ1) is 23.1. The molecule has 2 aromatic rings. The Morgan fingerprint density at radius 3 is 2.14 bits per heavy atom. The lowest BCUT2D eigenvalue weighted by molar-refractivity contribution is -0.154. The third kappa shape index (κ3) is 6.69. The average Bonchev–Trinajstić information content (AvgIpc) is 2.66. The predicted molar refractivity (Wildman–Crippen MR) is 109 cm³/mol. The van der Waals surface area contributed by atoms with Gasteiger partial charge < -0.3 is 25.4 Å². The molecule has 1 amide bonds. The number of carbonyl (C=O) groups is 2. The summed E-state index contributed by atoms with van der Waals surface area (Å²) in [5, 5.41) is 32.3. The van der Waals surface area contributed by atoms with Crippen LogP contribution in [0.4, 0.5) is 0 Å². The molecule has 9 heteroatoms. The number of hydrogen-bond acceptors (Lipinski definition) is 5. The summed E-state index contributed by atoms with van der Waals surface area (Å²) in [6, 6.07) is 11.3. The fourth-order valence-corrected chi connectivity index (χ4v) is 3.34. The van der Waals surface area contributed by atoms with Gasteiger partial charge in [-0.3, -0.25) is 4.79 Å². The van der Waals surface area contributed by atoms with E-state index in [1.807, 2.05) is 12.1 Å². The zero-order valence-electron chi connectivity index (χ0n) is 15.5. The van der Waals surface area contributed by atoms with E-state index in [-0.39, 0.29) is 13.0 Å². The summed E-state index contributed by atoms with van der Waals surface area (Å²) in [4.78, 5) is 22.8. The molecule has 0 aromatic heterocycles. The molecule has 3 atom stereocenters. The molecule has 0 saturated heterocycles. The van der Waals surface area contributed by atoms with Crippen molar-refractivity contribution in [2.45, 2.75) is 24.7 Å². The third-order valence-electron chi connectivity index (χ3n) is 4.22. The van der Waals surface area contributed by atoms with Crippen molar-refractivity contribution in [3.63, 3.8) is 0 Å². The predicted octanol–water partition coefficient (Wildman–Crippen LogP) is 2.14. The lowest BCUT2D eigenvalue weighted by Crippen LogP contribution is -2.52. The number of hydrogen-bond donors (Lipinski definition) is 4. The summed E-state index contributed by atoms with van der Waals surface area (Å²) in [7, 11) is 1.33. The Hall–Kier alpha value is -2.16. The SMILES string of the molecule is COCC(=O)N[C@H](Cc1ccc(-c2cc(Cl)cc(Cl)c2)cc1)[C@H](O)[C@@H](O)C(=O)O. The Labute approximate surface area is 177 Å². The van der Waals surface area contributed by atoms with Crippen LogP contribution in [0.3, 0.4) is 0 Å². The summed E-state index contributed by atoms with van der Waals surface area (Å²) >= 11 is 12.1. The van der Waals surface area contributed by atoms with Crippen LogP contribution in [0.15, 0.2) is 42.5 Å². The van der Waals surface area contributed by atoms with Gasteiger partial charge in [-0.2, -0.15) is 0 Å². The smallest absolute Gasteiger partial charge is 0.335 e. The molecule has 0 spiro atoms. The zero-order chi connectivity index (χ0) is 21.6. The molecule has 4 N–H and O–H groups in total. The third-order valence-corrected chi connectivity index (χ3v) is 4.65. The quantitative estimate of drug-likeness (QED) is 0.473. The molecule has 156 valence electrons. The number of aliphatic carboxylic acids is 1. The first-order valence-electron chi connectivity index (χ1n) is 8.64. The first-order valence-corrected chi connectivity index (χ1v) is 9.39. The van der Waals surface area contributed by atoms with E-state index in [1.165, 1.54) is 7.11 Å². The number of carboxylic acids is 1. The van der Waals surface area contributed by atoms with Crippen molar-refractivity contribution < 1.29 is 29.6 Å². The summed E-state index contributed by atoms with van der Waals surface area (Å²) in [5.41, 5.74) is 2.38. The molecular weight excluding hydrogens is 421 g/mol. The highest BCUT2D eigenvalue weighted by molar-refractivity contribution is 6.35. The molecule has 0 radical (unpaired) electrons. The maximum absolute atomic E-state index is 11.8. The molecule has 0 unspecified atom stereocenters. The molecule has 2 aromatic carbocycles. The molecule has 0 heterocycles. The molecule has 7 nitrogen and oxygen atoms in total. The molecule has 0 saturated carbocycles. The summed E-state index contributed by atoms with van der Waals surface area (Å²) in [6.07, 6.45) is -3.66. The normalized spacial score (nSPS) is 14.1. The molecule has 0 bridgehead atoms. The minimum atomic E-state index is -2.05. The number of amides is 1. The second-order valence-corrected chi connectivity index (χ2v) is 7.31. The van der Waals surface area contributed by atoms with Gasteiger partial charge in [0.2, 0.25) is 5.91 Å². The molecular formula is C20H21Cl2NO6. The van der Waals surface area contributed by atoms with Crippen molar-refractivity contribution in [1.29, 1.82) is 0 Å². The van der Waals surface area contributed by atoms with Gasteiger partial charge in [0.1, 0.15) is 12.7 Å². The van der Waals surface area contributed by atoms with E-state index in [4.69, 9.17) is 33.0 Å². The second-order valence-electron chi connectivity index (χ2n) is 6.44. The van der Waals surface area contributed by atoms with Gasteiger partial charge in [-0.05, 0) is 41.3 Å². The van der Waals surface area contributed by atoms with Crippen LogP contribution in [0.25, 0.3) is 11.1 Å². The highest BCUT2D eigenvalue weighted by Gasteiger charge is 2.32. The standard InChI is InChI=1S/C20H21Cl2NO6/c1-29-10-17(24)23-16(18(25)19(26)20(27)28)6-11-2-4-12(5-3-11)13-7-14(21)9-15(22)8-13/h2-5,7-9,16,18-19,25-26H,6,10H2,1H3,(H,23,24)(H,27,28)/t16-,18+,19-/m1/s1. The number of nitrogens with one attached hydrogen (secondary N) is 1. The van der Waals surface area contributed by atoms with Crippen molar-refractivity contribution in [3.05, 3.63) is 58.1 Å². The first-order chi connectivity index (χ1) is 13.7. The van der Waals surface area contributed by atoms with Gasteiger partial charge >= 0.3 is 5.97 Å². The number of aliphatic hydroxyl groups excluding tert-OH is 2. The van der Waals surface area contributed by atoms with Gasteiger partial charge in [-0.25, -0.2) is 4.79 Å². The fraction of sp³-hybridized carbons (Fsp3) is 0.300. The molecule has 0 aliphatic heterocycles. The monoisotopic (exact) mass is 441 g/mol. The van der Waals surface area contributed by atoms with Crippen LogP contribution >= 0.6 is 23.2 Å². The van der Waals surface area contributed by atoms with E-state index in [0.717, 1.165) is 11.1 Å². The minimum absolute atomic E-state index is 0.0948. The summed E-state index contributed by atoms with van der Waals surface area (Å²) in [5.74, 6) is -2.13. The second kappa shape index (κ2) is 10.6. The van der Waals surface area contributed by atoms with Gasteiger partial charge in [0.05, 0.1) is 6.04 Å². The van der Waals surface area contributed by atoms with Crippen LogP contribution in [-0.4, -0.2) is 59.2 Å². The number of ether oxygens (including phenoxy) is 1. The van der Waals surface area contributed by atoms with Crippen molar-refractivity contribution in [2.75, 3.05) is 13.7 Å². The Balaban J connectivity index is 2.20. The van der Waals surface area contributed by atoms with Gasteiger partial charge in [-0.15, -0.1) is 0 Å².